The van der Waals surface area contributed by atoms with E-state index in [9.17, 15) is 14.7 Å². The highest BCUT2D eigenvalue weighted by molar-refractivity contribution is 5.95. The second-order valence-corrected chi connectivity index (χ2v) is 8.27. The van der Waals surface area contributed by atoms with Crippen molar-refractivity contribution in [3.63, 3.8) is 0 Å². The van der Waals surface area contributed by atoms with Gasteiger partial charge in [-0.1, -0.05) is 5.21 Å². The zero-order valence-corrected chi connectivity index (χ0v) is 16.9. The molecule has 1 aliphatic carbocycles. The Bertz CT molecular complexity index is 1250. The first-order valence-corrected chi connectivity index (χ1v) is 10.3. The summed E-state index contributed by atoms with van der Waals surface area (Å²) in [6.07, 6.45) is 7.52. The summed E-state index contributed by atoms with van der Waals surface area (Å²) in [6, 6.07) is -0.177. The van der Waals surface area contributed by atoms with Gasteiger partial charge in [0, 0.05) is 37.1 Å². The molecule has 1 saturated heterocycles. The fraction of sp³-hybridized carbons (Fsp3) is 0.429. The number of aryl methyl sites for hydroxylation is 1. The largest absolute Gasteiger partial charge is 0.477 e. The molecule has 162 valence electrons. The van der Waals surface area contributed by atoms with Crippen molar-refractivity contribution in [2.24, 2.45) is 0 Å². The number of aromatic nitrogens is 4. The lowest BCUT2D eigenvalue weighted by molar-refractivity contribution is 0.0695. The van der Waals surface area contributed by atoms with Crippen molar-refractivity contribution in [1.82, 2.24) is 19.6 Å². The zero-order valence-electron chi connectivity index (χ0n) is 16.9. The van der Waals surface area contributed by atoms with E-state index in [0.29, 0.717) is 19.5 Å². The van der Waals surface area contributed by atoms with E-state index in [1.54, 1.807) is 22.0 Å². The minimum Gasteiger partial charge on any atom is -0.477 e. The fourth-order valence-electron chi connectivity index (χ4n) is 4.56. The number of piperidine rings is 1. The number of rotatable bonds is 4. The Morgan fingerprint density at radius 1 is 1.19 bits per heavy atom. The minimum absolute atomic E-state index is 0.0192. The molecule has 2 fully saturated rings. The van der Waals surface area contributed by atoms with Crippen molar-refractivity contribution in [2.45, 2.75) is 44.7 Å². The average molecular weight is 429 g/mol. The van der Waals surface area contributed by atoms with Crippen LogP contribution in [-0.2, 0) is 0 Å². The lowest BCUT2D eigenvalue weighted by atomic mass is 10.0. The number of carboxylic acids is 1. The third-order valence-electron chi connectivity index (χ3n) is 6.26. The highest BCUT2D eigenvalue weighted by Crippen LogP contribution is 2.41. The van der Waals surface area contributed by atoms with Gasteiger partial charge < -0.3 is 14.6 Å². The number of benzene rings is 1. The molecule has 0 spiro atoms. The van der Waals surface area contributed by atoms with E-state index in [4.69, 9.17) is 0 Å². The second-order valence-electron chi connectivity index (χ2n) is 8.27. The first-order valence-electron chi connectivity index (χ1n) is 10.3. The molecule has 1 saturated carbocycles. The monoisotopic (exact) mass is 429 g/mol. The number of nitrogens with zero attached hydrogens (tertiary/aromatic N) is 5. The summed E-state index contributed by atoms with van der Waals surface area (Å²) in [5.41, 5.74) is -1.56. The molecule has 31 heavy (non-hydrogen) atoms. The maximum Gasteiger partial charge on any atom is 0.341 e. The molecule has 1 atom stereocenters. The van der Waals surface area contributed by atoms with Crippen LogP contribution in [0, 0.1) is 18.6 Å². The summed E-state index contributed by atoms with van der Waals surface area (Å²) in [4.78, 5) is 26.1. The maximum absolute atomic E-state index is 15.9. The summed E-state index contributed by atoms with van der Waals surface area (Å²) < 4.78 is 34.6. The Hall–Kier alpha value is -3.30. The fourth-order valence-corrected chi connectivity index (χ4v) is 4.56. The Kier molecular flexibility index (Phi) is 4.53. The van der Waals surface area contributed by atoms with Crippen LogP contribution in [0.25, 0.3) is 10.9 Å². The van der Waals surface area contributed by atoms with Gasteiger partial charge in [-0.05, 0) is 32.6 Å². The molecule has 2 aromatic heterocycles. The van der Waals surface area contributed by atoms with Crippen molar-refractivity contribution >= 4 is 22.6 Å². The van der Waals surface area contributed by atoms with E-state index < -0.39 is 28.6 Å². The number of anilines is 1. The summed E-state index contributed by atoms with van der Waals surface area (Å²) >= 11 is 0. The predicted octanol–water partition coefficient (Wildman–Crippen LogP) is 3.05. The Balaban J connectivity index is 1.72. The van der Waals surface area contributed by atoms with E-state index in [-0.39, 0.29) is 34.2 Å². The maximum atomic E-state index is 15.9. The van der Waals surface area contributed by atoms with Crippen molar-refractivity contribution in [3.8, 4) is 0 Å². The highest BCUT2D eigenvalue weighted by Gasteiger charge is 2.34. The SMILES string of the molecule is Cc1c(F)c(N2CCCC(n3ccnn3)C2)c(F)c2c1c(=O)c(C(=O)O)cn2C1CC1. The molecule has 1 N–H and O–H groups in total. The van der Waals surface area contributed by atoms with Crippen LogP contribution in [-0.4, -0.2) is 43.7 Å². The Morgan fingerprint density at radius 3 is 2.61 bits per heavy atom. The summed E-state index contributed by atoms with van der Waals surface area (Å²) in [7, 11) is 0. The Morgan fingerprint density at radius 2 is 1.97 bits per heavy atom. The van der Waals surface area contributed by atoms with Crippen LogP contribution in [0.15, 0.2) is 23.4 Å². The summed E-state index contributed by atoms with van der Waals surface area (Å²) in [5.74, 6) is -3.05. The molecule has 0 amide bonds. The molecular weight excluding hydrogens is 408 g/mol. The lowest BCUT2D eigenvalue weighted by Crippen LogP contribution is -2.38. The van der Waals surface area contributed by atoms with Crippen LogP contribution in [0.4, 0.5) is 14.5 Å². The van der Waals surface area contributed by atoms with Crippen LogP contribution in [0.1, 0.15) is 53.7 Å². The molecule has 1 aromatic carbocycles. The number of hydrogen-bond acceptors (Lipinski definition) is 5. The molecule has 3 heterocycles. The number of pyridine rings is 1. The van der Waals surface area contributed by atoms with Gasteiger partial charge >= 0.3 is 5.97 Å². The molecule has 1 aliphatic heterocycles. The quantitative estimate of drug-likeness (QED) is 0.685. The molecular formula is C21H21F2N5O3. The zero-order chi connectivity index (χ0) is 21.9. The van der Waals surface area contributed by atoms with E-state index in [0.717, 1.165) is 19.3 Å². The van der Waals surface area contributed by atoms with Gasteiger partial charge in [-0.25, -0.2) is 18.3 Å². The van der Waals surface area contributed by atoms with Gasteiger partial charge in [0.25, 0.3) is 0 Å². The van der Waals surface area contributed by atoms with Gasteiger partial charge in [-0.2, -0.15) is 0 Å². The smallest absolute Gasteiger partial charge is 0.341 e. The minimum atomic E-state index is -1.41. The molecule has 0 radical (unpaired) electrons. The van der Waals surface area contributed by atoms with Gasteiger partial charge in [0.15, 0.2) is 11.6 Å². The van der Waals surface area contributed by atoms with Crippen molar-refractivity contribution in [3.05, 3.63) is 51.6 Å². The summed E-state index contributed by atoms with van der Waals surface area (Å²) in [5, 5.41) is 17.1. The van der Waals surface area contributed by atoms with Crippen molar-refractivity contribution in [2.75, 3.05) is 18.0 Å². The van der Waals surface area contributed by atoms with Crippen molar-refractivity contribution in [1.29, 1.82) is 0 Å². The number of halogens is 2. The molecule has 2 aliphatic rings. The summed E-state index contributed by atoms with van der Waals surface area (Å²) in [6.45, 7) is 2.22. The number of carbonyl (C=O) groups is 1. The molecule has 10 heteroatoms. The van der Waals surface area contributed by atoms with Crippen LogP contribution < -0.4 is 10.3 Å². The third kappa shape index (κ3) is 3.08. The number of carboxylic acid groups (broad SMARTS) is 1. The highest BCUT2D eigenvalue weighted by atomic mass is 19.1. The van der Waals surface area contributed by atoms with Gasteiger partial charge in [0.05, 0.1) is 23.1 Å². The molecule has 3 aromatic rings. The van der Waals surface area contributed by atoms with Crippen LogP contribution in [0.2, 0.25) is 0 Å². The van der Waals surface area contributed by atoms with Crippen LogP contribution in [0.3, 0.4) is 0 Å². The van der Waals surface area contributed by atoms with Crippen LogP contribution in [0.5, 0.6) is 0 Å². The molecule has 5 rings (SSSR count). The standard InChI is InChI=1S/C21H21F2N5O3/c1-11-15-18(27(12-4-5-12)10-14(20(15)29)21(30)31)17(23)19(16(11)22)26-7-2-3-13(9-26)28-8-6-24-25-28/h6,8,10,12-13H,2-5,7,9H2,1H3,(H,30,31). The average Bonchev–Trinajstić information content (AvgIpc) is 3.44. The molecule has 0 bridgehead atoms. The second kappa shape index (κ2) is 7.14. The van der Waals surface area contributed by atoms with Crippen LogP contribution >= 0.6 is 0 Å². The lowest BCUT2D eigenvalue weighted by Gasteiger charge is -2.35. The molecule has 1 unspecified atom stereocenters. The number of hydrogen-bond donors (Lipinski definition) is 1. The van der Waals surface area contributed by atoms with Gasteiger partial charge in [0.2, 0.25) is 5.43 Å². The van der Waals surface area contributed by atoms with Gasteiger partial charge in [-0.3, -0.25) is 4.79 Å². The Labute approximate surface area is 175 Å². The number of aromatic carboxylic acids is 1. The van der Waals surface area contributed by atoms with Gasteiger partial charge in [0.1, 0.15) is 11.3 Å². The molecule has 8 nitrogen and oxygen atoms in total. The predicted molar refractivity (Wildman–Crippen MR) is 109 cm³/mol. The van der Waals surface area contributed by atoms with E-state index in [1.807, 2.05) is 0 Å². The first-order chi connectivity index (χ1) is 14.9. The normalized spacial score (nSPS) is 19.2. The first kappa shape index (κ1) is 19.7. The van der Waals surface area contributed by atoms with Crippen molar-refractivity contribution < 1.29 is 18.7 Å². The number of fused-ring (bicyclic) bond motifs is 1. The topological polar surface area (TPSA) is 93.2 Å². The van der Waals surface area contributed by atoms with E-state index >= 15 is 8.78 Å². The third-order valence-corrected chi connectivity index (χ3v) is 6.26. The van der Waals surface area contributed by atoms with E-state index in [1.165, 1.54) is 17.7 Å². The van der Waals surface area contributed by atoms with E-state index in [2.05, 4.69) is 10.3 Å². The van der Waals surface area contributed by atoms with Gasteiger partial charge in [-0.15, -0.1) is 5.10 Å².